The van der Waals surface area contributed by atoms with Crippen LogP contribution in [0.15, 0.2) is 60.0 Å². The van der Waals surface area contributed by atoms with Crippen LogP contribution in [0.2, 0.25) is 0 Å². The topological polar surface area (TPSA) is 54.2 Å². The molecule has 6 heteroatoms. The third kappa shape index (κ3) is 5.95. The summed E-state index contributed by atoms with van der Waals surface area (Å²) in [5.41, 5.74) is 3.85. The monoisotopic (exact) mass is 477 g/mol. The minimum atomic E-state index is 0. The molecule has 0 saturated carbocycles. The van der Waals surface area contributed by atoms with E-state index in [9.17, 15) is 0 Å². The fourth-order valence-corrected chi connectivity index (χ4v) is 3.11. The molecule has 27 heavy (non-hydrogen) atoms. The van der Waals surface area contributed by atoms with Crippen LogP contribution < -0.4 is 10.6 Å². The van der Waals surface area contributed by atoms with Crippen molar-refractivity contribution in [1.29, 1.82) is 0 Å². The van der Waals surface area contributed by atoms with Crippen molar-refractivity contribution in [2.45, 2.75) is 26.3 Å². The third-order valence-electron chi connectivity index (χ3n) is 4.60. The number of benzene rings is 1. The minimum absolute atomic E-state index is 0. The zero-order chi connectivity index (χ0) is 18.2. The van der Waals surface area contributed by atoms with Gasteiger partial charge in [0.05, 0.1) is 0 Å². The first-order valence-electron chi connectivity index (χ1n) is 9.16. The molecule has 2 N–H and O–H groups in total. The number of rotatable bonds is 7. The van der Waals surface area contributed by atoms with Crippen molar-refractivity contribution in [2.75, 3.05) is 20.1 Å². The van der Waals surface area contributed by atoms with Gasteiger partial charge in [-0.05, 0) is 54.5 Å². The molecule has 5 nitrogen and oxygen atoms in total. The lowest BCUT2D eigenvalue weighted by Crippen LogP contribution is -2.39. The summed E-state index contributed by atoms with van der Waals surface area (Å²) >= 11 is 0. The molecule has 0 fully saturated rings. The van der Waals surface area contributed by atoms with Crippen LogP contribution in [0.4, 0.5) is 0 Å². The molecule has 0 bridgehead atoms. The SMILES string of the molecule is CN=C(NCCCn1ccc2ccccc21)NCCc1ccncc1C.I. The highest BCUT2D eigenvalue weighted by Crippen LogP contribution is 2.15. The largest absolute Gasteiger partial charge is 0.356 e. The number of aryl methyl sites for hydroxylation is 2. The molecular weight excluding hydrogens is 449 g/mol. The molecule has 1 aromatic carbocycles. The highest BCUT2D eigenvalue weighted by Gasteiger charge is 2.02. The van der Waals surface area contributed by atoms with Crippen molar-refractivity contribution in [1.82, 2.24) is 20.2 Å². The molecular formula is C21H28IN5. The summed E-state index contributed by atoms with van der Waals surface area (Å²) in [6.07, 6.45) is 7.93. The van der Waals surface area contributed by atoms with Crippen LogP contribution in [0.1, 0.15) is 17.5 Å². The first-order valence-corrected chi connectivity index (χ1v) is 9.16. The smallest absolute Gasteiger partial charge is 0.190 e. The van der Waals surface area contributed by atoms with E-state index < -0.39 is 0 Å². The van der Waals surface area contributed by atoms with Crippen LogP contribution >= 0.6 is 24.0 Å². The lowest BCUT2D eigenvalue weighted by molar-refractivity contribution is 0.640. The van der Waals surface area contributed by atoms with E-state index in [4.69, 9.17) is 0 Å². The molecule has 0 saturated heterocycles. The second-order valence-corrected chi connectivity index (χ2v) is 6.40. The molecule has 0 amide bonds. The maximum atomic E-state index is 4.30. The van der Waals surface area contributed by atoms with E-state index in [0.29, 0.717) is 0 Å². The molecule has 3 rings (SSSR count). The van der Waals surface area contributed by atoms with E-state index in [1.165, 1.54) is 22.0 Å². The van der Waals surface area contributed by atoms with Gasteiger partial charge in [-0.15, -0.1) is 24.0 Å². The first kappa shape index (κ1) is 21.2. The molecule has 0 radical (unpaired) electrons. The highest BCUT2D eigenvalue weighted by molar-refractivity contribution is 14.0. The Labute approximate surface area is 178 Å². The Morgan fingerprint density at radius 2 is 1.93 bits per heavy atom. The Morgan fingerprint density at radius 1 is 1.11 bits per heavy atom. The number of nitrogens with zero attached hydrogens (tertiary/aromatic N) is 3. The Hall–Kier alpha value is -2.09. The van der Waals surface area contributed by atoms with Crippen LogP contribution in [0, 0.1) is 6.92 Å². The highest BCUT2D eigenvalue weighted by atomic mass is 127. The Kier molecular flexibility index (Phi) is 8.57. The van der Waals surface area contributed by atoms with Crippen molar-refractivity contribution >= 4 is 40.8 Å². The van der Waals surface area contributed by atoms with Gasteiger partial charge >= 0.3 is 0 Å². The summed E-state index contributed by atoms with van der Waals surface area (Å²) in [7, 11) is 1.81. The number of guanidine groups is 1. The minimum Gasteiger partial charge on any atom is -0.356 e. The molecule has 2 heterocycles. The van der Waals surface area contributed by atoms with Crippen LogP contribution in [0.5, 0.6) is 0 Å². The molecule has 2 aromatic heterocycles. The molecule has 0 atom stereocenters. The van der Waals surface area contributed by atoms with Crippen molar-refractivity contribution in [3.63, 3.8) is 0 Å². The summed E-state index contributed by atoms with van der Waals surface area (Å²) in [4.78, 5) is 8.44. The molecule has 144 valence electrons. The lowest BCUT2D eigenvalue weighted by atomic mass is 10.1. The van der Waals surface area contributed by atoms with Crippen molar-refractivity contribution < 1.29 is 0 Å². The molecule has 0 unspecified atom stereocenters. The van der Waals surface area contributed by atoms with Gasteiger partial charge in [0.15, 0.2) is 5.96 Å². The molecule has 0 aliphatic heterocycles. The Balaban J connectivity index is 0.00000261. The number of fused-ring (bicyclic) bond motifs is 1. The predicted octanol–water partition coefficient (Wildman–Crippen LogP) is 3.76. The van der Waals surface area contributed by atoms with Gasteiger partial charge < -0.3 is 15.2 Å². The third-order valence-corrected chi connectivity index (χ3v) is 4.60. The van der Waals surface area contributed by atoms with E-state index in [2.05, 4.69) is 74.7 Å². The van der Waals surface area contributed by atoms with Gasteiger partial charge in [-0.25, -0.2) is 0 Å². The van der Waals surface area contributed by atoms with Gasteiger partial charge in [0.2, 0.25) is 0 Å². The van der Waals surface area contributed by atoms with Gasteiger partial charge in [-0.3, -0.25) is 9.98 Å². The lowest BCUT2D eigenvalue weighted by Gasteiger charge is -2.13. The number of para-hydroxylation sites is 1. The molecule has 3 aromatic rings. The van der Waals surface area contributed by atoms with Gasteiger partial charge in [-0.1, -0.05) is 18.2 Å². The summed E-state index contributed by atoms with van der Waals surface area (Å²) in [6, 6.07) is 12.7. The Bertz CT molecular complexity index is 872. The zero-order valence-electron chi connectivity index (χ0n) is 16.0. The normalized spacial score (nSPS) is 11.3. The number of halogens is 1. The van der Waals surface area contributed by atoms with Gasteiger partial charge in [-0.2, -0.15) is 0 Å². The number of aliphatic imine (C=N–C) groups is 1. The summed E-state index contributed by atoms with van der Waals surface area (Å²) in [5, 5.41) is 8.07. The van der Waals surface area contributed by atoms with E-state index in [0.717, 1.165) is 38.4 Å². The second kappa shape index (κ2) is 10.9. The average molecular weight is 477 g/mol. The maximum Gasteiger partial charge on any atom is 0.190 e. The Morgan fingerprint density at radius 3 is 2.74 bits per heavy atom. The van der Waals surface area contributed by atoms with Gasteiger partial charge in [0.25, 0.3) is 0 Å². The van der Waals surface area contributed by atoms with Crippen molar-refractivity contribution in [2.24, 2.45) is 4.99 Å². The summed E-state index contributed by atoms with van der Waals surface area (Å²) < 4.78 is 2.30. The number of hydrogen-bond donors (Lipinski definition) is 2. The standard InChI is InChI=1S/C21H27N5.HI/c1-17-16-23-12-8-18(17)9-13-25-21(22-2)24-11-5-14-26-15-10-19-6-3-4-7-20(19)26;/h3-4,6-8,10,12,15-16H,5,9,11,13-14H2,1-2H3,(H2,22,24,25);1H. The second-order valence-electron chi connectivity index (χ2n) is 6.40. The van der Waals surface area contributed by atoms with Crippen LogP contribution in [-0.4, -0.2) is 35.6 Å². The van der Waals surface area contributed by atoms with Crippen LogP contribution in [0.3, 0.4) is 0 Å². The quantitative estimate of drug-likeness (QED) is 0.236. The number of hydrogen-bond acceptors (Lipinski definition) is 2. The predicted molar refractivity (Wildman–Crippen MR) is 124 cm³/mol. The van der Waals surface area contributed by atoms with Crippen LogP contribution in [0.25, 0.3) is 10.9 Å². The van der Waals surface area contributed by atoms with E-state index >= 15 is 0 Å². The number of aromatic nitrogens is 2. The van der Waals surface area contributed by atoms with Crippen molar-refractivity contribution in [3.8, 4) is 0 Å². The van der Waals surface area contributed by atoms with E-state index in [-0.39, 0.29) is 24.0 Å². The summed E-state index contributed by atoms with van der Waals surface area (Å²) in [5.74, 6) is 0.856. The van der Waals surface area contributed by atoms with E-state index in [1.807, 2.05) is 19.4 Å². The fraction of sp³-hybridized carbons (Fsp3) is 0.333. The maximum absolute atomic E-state index is 4.30. The van der Waals surface area contributed by atoms with Crippen LogP contribution in [-0.2, 0) is 13.0 Å². The fourth-order valence-electron chi connectivity index (χ4n) is 3.11. The molecule has 0 aliphatic carbocycles. The van der Waals surface area contributed by atoms with Gasteiger partial charge in [0.1, 0.15) is 0 Å². The average Bonchev–Trinajstić information content (AvgIpc) is 3.08. The summed E-state index contributed by atoms with van der Waals surface area (Å²) in [6.45, 7) is 4.83. The molecule has 0 spiro atoms. The first-order chi connectivity index (χ1) is 12.8. The molecule has 0 aliphatic rings. The number of nitrogens with one attached hydrogen (secondary N) is 2. The number of pyridine rings is 1. The zero-order valence-corrected chi connectivity index (χ0v) is 18.3. The van der Waals surface area contributed by atoms with Crippen molar-refractivity contribution in [3.05, 3.63) is 66.1 Å². The van der Waals surface area contributed by atoms with E-state index in [1.54, 1.807) is 0 Å². The van der Waals surface area contributed by atoms with Gasteiger partial charge in [0, 0.05) is 50.8 Å².